The highest BCUT2D eigenvalue weighted by atomic mass is 16.8. The number of hydrogen-bond acceptors (Lipinski definition) is 7. The van der Waals surface area contributed by atoms with E-state index in [-0.39, 0.29) is 11.5 Å². The molecular weight excluding hydrogens is 318 g/mol. The van der Waals surface area contributed by atoms with Gasteiger partial charge in [0.05, 0.1) is 0 Å². The second kappa shape index (κ2) is 7.20. The van der Waals surface area contributed by atoms with E-state index in [4.69, 9.17) is 9.62 Å². The molecule has 1 aromatic rings. The van der Waals surface area contributed by atoms with Gasteiger partial charge in [0.1, 0.15) is 23.2 Å². The van der Waals surface area contributed by atoms with E-state index in [1.54, 1.807) is 0 Å². The standard InChI is InChI=1S/C16H15NO7/c1-9-7-14(20)15(16(21)24-9)13(19)6-5-10-3-2-4-12(18)11(8-10)17(22)23/h2-8,12,17-18,20,22H,1H3/b6-5+. The summed E-state index contributed by atoms with van der Waals surface area (Å²) in [6, 6.07) is 1.15. The molecule has 0 radical (unpaired) electrons. The van der Waals surface area contributed by atoms with E-state index in [9.17, 15) is 25.0 Å². The number of rotatable bonds is 4. The molecule has 8 heteroatoms. The predicted octanol–water partition coefficient (Wildman–Crippen LogP) is -0.0944. The maximum atomic E-state index is 12.1. The first-order valence-electron chi connectivity index (χ1n) is 6.87. The lowest BCUT2D eigenvalue weighted by molar-refractivity contribution is -1.02. The van der Waals surface area contributed by atoms with Crippen LogP contribution in [0, 0.1) is 12.1 Å². The quantitative estimate of drug-likeness (QED) is 0.343. The zero-order valence-corrected chi connectivity index (χ0v) is 12.6. The lowest BCUT2D eigenvalue weighted by atomic mass is 10.1. The van der Waals surface area contributed by atoms with E-state index in [1.807, 2.05) is 0 Å². The van der Waals surface area contributed by atoms with Crippen LogP contribution in [-0.4, -0.2) is 27.3 Å². The molecule has 4 N–H and O–H groups in total. The third-order valence-electron chi connectivity index (χ3n) is 3.20. The van der Waals surface area contributed by atoms with Crippen LogP contribution in [-0.2, 0) is 0 Å². The normalized spacial score (nSPS) is 18.9. The molecule has 2 unspecified atom stereocenters. The van der Waals surface area contributed by atoms with Crippen molar-refractivity contribution >= 4 is 5.78 Å². The second-order valence-corrected chi connectivity index (χ2v) is 5.00. The van der Waals surface area contributed by atoms with Gasteiger partial charge >= 0.3 is 5.63 Å². The maximum Gasteiger partial charge on any atom is 0.351 e. The SMILES string of the molecule is Cc1cc(O)c(C(=O)/C=C/C2=CC=CC(O)C([NH+]([O-])O)=C2)c(=O)o1. The van der Waals surface area contributed by atoms with E-state index in [1.165, 1.54) is 37.3 Å². The first kappa shape index (κ1) is 17.6. The molecule has 0 amide bonds. The maximum absolute atomic E-state index is 12.1. The number of carbonyl (C=O) groups is 1. The zero-order valence-electron chi connectivity index (χ0n) is 12.6. The Hall–Kier alpha value is -2.78. The molecule has 8 nitrogen and oxygen atoms in total. The topological polar surface area (TPSA) is 135 Å². The lowest BCUT2D eigenvalue weighted by Gasteiger charge is -2.17. The summed E-state index contributed by atoms with van der Waals surface area (Å²) >= 11 is 0. The third-order valence-corrected chi connectivity index (χ3v) is 3.20. The van der Waals surface area contributed by atoms with Crippen LogP contribution in [0.2, 0.25) is 0 Å². The highest BCUT2D eigenvalue weighted by molar-refractivity contribution is 6.06. The molecule has 1 aliphatic rings. The summed E-state index contributed by atoms with van der Waals surface area (Å²) in [4.78, 5) is 23.7. The van der Waals surface area contributed by atoms with E-state index in [0.29, 0.717) is 5.57 Å². The molecule has 2 rings (SSSR count). The summed E-state index contributed by atoms with van der Waals surface area (Å²) < 4.78 is 4.77. The van der Waals surface area contributed by atoms with Crippen molar-refractivity contribution in [3.63, 3.8) is 0 Å². The molecule has 126 valence electrons. The van der Waals surface area contributed by atoms with Gasteiger partial charge in [0.2, 0.25) is 0 Å². The molecule has 0 saturated carbocycles. The highest BCUT2D eigenvalue weighted by Gasteiger charge is 2.18. The summed E-state index contributed by atoms with van der Waals surface area (Å²) in [6.07, 6.45) is 6.42. The van der Waals surface area contributed by atoms with Crippen molar-refractivity contribution in [3.8, 4) is 5.75 Å². The first-order valence-corrected chi connectivity index (χ1v) is 6.87. The number of aromatic hydroxyl groups is 1. The monoisotopic (exact) mass is 333 g/mol. The molecule has 0 aromatic carbocycles. The van der Waals surface area contributed by atoms with Gasteiger partial charge in [-0.3, -0.25) is 4.79 Å². The molecule has 0 spiro atoms. The van der Waals surface area contributed by atoms with Crippen LogP contribution in [0.4, 0.5) is 0 Å². The minimum atomic E-state index is -1.29. The van der Waals surface area contributed by atoms with Crippen molar-refractivity contribution in [3.05, 3.63) is 80.7 Å². The zero-order chi connectivity index (χ0) is 17.9. The number of quaternary nitrogens is 1. The van der Waals surface area contributed by atoms with Crippen LogP contribution in [0.25, 0.3) is 0 Å². The van der Waals surface area contributed by atoms with Crippen molar-refractivity contribution in [1.82, 2.24) is 0 Å². The summed E-state index contributed by atoms with van der Waals surface area (Å²) in [5.74, 6) is -1.12. The fourth-order valence-corrected chi connectivity index (χ4v) is 2.06. The molecular formula is C16H15NO7. The molecule has 0 fully saturated rings. The van der Waals surface area contributed by atoms with Gasteiger partial charge in [-0.1, -0.05) is 18.2 Å². The van der Waals surface area contributed by atoms with Gasteiger partial charge in [0, 0.05) is 12.1 Å². The number of ketones is 1. The van der Waals surface area contributed by atoms with E-state index >= 15 is 0 Å². The molecule has 2 atom stereocenters. The largest absolute Gasteiger partial charge is 0.595 e. The van der Waals surface area contributed by atoms with Gasteiger partial charge in [-0.05, 0) is 24.6 Å². The summed E-state index contributed by atoms with van der Waals surface area (Å²) in [7, 11) is 0. The average molecular weight is 333 g/mol. The summed E-state index contributed by atoms with van der Waals surface area (Å²) in [6.45, 7) is 1.46. The Morgan fingerprint density at radius 1 is 1.46 bits per heavy atom. The Morgan fingerprint density at radius 3 is 2.79 bits per heavy atom. The fraction of sp³-hybridized carbons (Fsp3) is 0.125. The number of aliphatic hydroxyl groups is 1. The lowest BCUT2D eigenvalue weighted by Crippen LogP contribution is -3.03. The number of nitrogens with one attached hydrogen (secondary N) is 1. The third kappa shape index (κ3) is 3.94. The van der Waals surface area contributed by atoms with Crippen LogP contribution in [0.1, 0.15) is 16.1 Å². The summed E-state index contributed by atoms with van der Waals surface area (Å²) in [5, 5.41) is 38.2. The van der Waals surface area contributed by atoms with Crippen molar-refractivity contribution in [2.45, 2.75) is 13.0 Å². The molecule has 0 aliphatic heterocycles. The van der Waals surface area contributed by atoms with Crippen LogP contribution in [0.3, 0.4) is 0 Å². The minimum absolute atomic E-state index is 0.165. The molecule has 24 heavy (non-hydrogen) atoms. The van der Waals surface area contributed by atoms with Gasteiger partial charge in [0.15, 0.2) is 11.5 Å². The molecule has 1 heterocycles. The van der Waals surface area contributed by atoms with Gasteiger partial charge in [-0.25, -0.2) is 10.0 Å². The van der Waals surface area contributed by atoms with Crippen LogP contribution < -0.4 is 10.9 Å². The van der Waals surface area contributed by atoms with Gasteiger partial charge in [-0.15, -0.1) is 0 Å². The van der Waals surface area contributed by atoms with Gasteiger partial charge in [0.25, 0.3) is 0 Å². The predicted molar refractivity (Wildman–Crippen MR) is 82.3 cm³/mol. The number of aliphatic hydroxyl groups excluding tert-OH is 1. The van der Waals surface area contributed by atoms with Crippen molar-refractivity contribution in [2.75, 3.05) is 0 Å². The van der Waals surface area contributed by atoms with Gasteiger partial charge in [-0.2, -0.15) is 5.23 Å². The fourth-order valence-electron chi connectivity index (χ4n) is 2.06. The molecule has 1 aliphatic carbocycles. The van der Waals surface area contributed by atoms with Crippen LogP contribution in [0.5, 0.6) is 5.75 Å². The number of hydroxylamine groups is 2. The Labute approximate surface area is 136 Å². The van der Waals surface area contributed by atoms with E-state index in [2.05, 4.69) is 0 Å². The molecule has 0 bridgehead atoms. The Kier molecular flexibility index (Phi) is 5.27. The molecule has 1 aromatic heterocycles. The number of hydrogen-bond donors (Lipinski definition) is 4. The number of carbonyl (C=O) groups excluding carboxylic acids is 1. The first-order chi connectivity index (χ1) is 11.3. The van der Waals surface area contributed by atoms with Crippen molar-refractivity contribution in [1.29, 1.82) is 0 Å². The summed E-state index contributed by atoms with van der Waals surface area (Å²) in [5.41, 5.74) is -1.41. The van der Waals surface area contributed by atoms with Gasteiger partial charge < -0.3 is 19.8 Å². The smallest absolute Gasteiger partial charge is 0.351 e. The Balaban J connectivity index is 2.31. The Morgan fingerprint density at radius 2 is 2.17 bits per heavy atom. The number of aryl methyl sites for hydroxylation is 1. The van der Waals surface area contributed by atoms with Crippen molar-refractivity contribution in [2.24, 2.45) is 0 Å². The Bertz CT molecular complexity index is 827. The van der Waals surface area contributed by atoms with Crippen LogP contribution in [0.15, 0.2) is 63.0 Å². The van der Waals surface area contributed by atoms with E-state index < -0.39 is 34.1 Å². The van der Waals surface area contributed by atoms with Crippen molar-refractivity contribution < 1.29 is 29.9 Å². The second-order valence-electron chi connectivity index (χ2n) is 5.00. The minimum Gasteiger partial charge on any atom is -0.595 e. The van der Waals surface area contributed by atoms with E-state index in [0.717, 1.165) is 12.1 Å². The van der Waals surface area contributed by atoms with Crippen LogP contribution >= 0.6 is 0 Å². The average Bonchev–Trinajstić information content (AvgIpc) is 2.65. The molecule has 0 saturated heterocycles. The highest BCUT2D eigenvalue weighted by Crippen LogP contribution is 2.16. The number of allylic oxidation sites excluding steroid dienone is 6.